The van der Waals surface area contributed by atoms with Crippen molar-refractivity contribution in [3.63, 3.8) is 0 Å². The SMILES string of the molecule is CC(C)COc1cc(OC(C)C)cc(C(=O)Nc2ccc(C(=O)O)cc2)c1. The highest BCUT2D eigenvalue weighted by Gasteiger charge is 2.13. The molecule has 2 rings (SSSR count). The van der Waals surface area contributed by atoms with Gasteiger partial charge in [0.05, 0.1) is 18.3 Å². The summed E-state index contributed by atoms with van der Waals surface area (Å²) in [6.45, 7) is 8.44. The maximum absolute atomic E-state index is 12.6. The van der Waals surface area contributed by atoms with Gasteiger partial charge in [0.2, 0.25) is 0 Å². The molecule has 6 nitrogen and oxygen atoms in total. The van der Waals surface area contributed by atoms with Crippen LogP contribution in [0.3, 0.4) is 0 Å². The smallest absolute Gasteiger partial charge is 0.335 e. The molecule has 0 spiro atoms. The number of rotatable bonds is 8. The van der Waals surface area contributed by atoms with E-state index in [2.05, 4.69) is 5.32 Å². The van der Waals surface area contributed by atoms with Crippen molar-refractivity contribution >= 4 is 17.6 Å². The molecule has 0 fully saturated rings. The molecule has 0 saturated carbocycles. The third-order valence-corrected chi connectivity index (χ3v) is 3.49. The highest BCUT2D eigenvalue weighted by Crippen LogP contribution is 2.25. The molecule has 0 heterocycles. The average molecular weight is 371 g/mol. The number of aromatic carboxylic acids is 1. The van der Waals surface area contributed by atoms with Crippen molar-refractivity contribution in [2.75, 3.05) is 11.9 Å². The van der Waals surface area contributed by atoms with Crippen LogP contribution in [0.25, 0.3) is 0 Å². The molecule has 0 radical (unpaired) electrons. The first-order valence-electron chi connectivity index (χ1n) is 8.84. The normalized spacial score (nSPS) is 10.7. The fourth-order valence-corrected chi connectivity index (χ4v) is 2.29. The second kappa shape index (κ2) is 9.07. The highest BCUT2D eigenvalue weighted by molar-refractivity contribution is 6.05. The zero-order valence-electron chi connectivity index (χ0n) is 16.0. The Hall–Kier alpha value is -3.02. The monoisotopic (exact) mass is 371 g/mol. The Bertz CT molecular complexity index is 797. The Kier molecular flexibility index (Phi) is 6.82. The second-order valence-corrected chi connectivity index (χ2v) is 6.90. The van der Waals surface area contributed by atoms with Crippen LogP contribution in [0.4, 0.5) is 5.69 Å². The van der Waals surface area contributed by atoms with Crippen LogP contribution < -0.4 is 14.8 Å². The second-order valence-electron chi connectivity index (χ2n) is 6.90. The number of carbonyl (C=O) groups excluding carboxylic acids is 1. The lowest BCUT2D eigenvalue weighted by atomic mass is 10.1. The molecule has 27 heavy (non-hydrogen) atoms. The summed E-state index contributed by atoms with van der Waals surface area (Å²) in [6.07, 6.45) is -0.0372. The van der Waals surface area contributed by atoms with E-state index in [1.165, 1.54) is 12.1 Å². The van der Waals surface area contributed by atoms with E-state index in [0.29, 0.717) is 35.3 Å². The Morgan fingerprint density at radius 2 is 1.59 bits per heavy atom. The van der Waals surface area contributed by atoms with Crippen molar-refractivity contribution in [3.8, 4) is 11.5 Å². The Balaban J connectivity index is 2.21. The van der Waals surface area contributed by atoms with E-state index in [9.17, 15) is 9.59 Å². The van der Waals surface area contributed by atoms with Crippen LogP contribution in [0.1, 0.15) is 48.4 Å². The van der Waals surface area contributed by atoms with Crippen molar-refractivity contribution < 1.29 is 24.2 Å². The highest BCUT2D eigenvalue weighted by atomic mass is 16.5. The summed E-state index contributed by atoms with van der Waals surface area (Å²) in [7, 11) is 0. The molecule has 2 aromatic rings. The largest absolute Gasteiger partial charge is 0.493 e. The predicted octanol–water partition coefficient (Wildman–Crippen LogP) is 4.46. The van der Waals surface area contributed by atoms with E-state index in [0.717, 1.165) is 0 Å². The molecule has 6 heteroatoms. The van der Waals surface area contributed by atoms with Gasteiger partial charge in [-0.3, -0.25) is 4.79 Å². The molecule has 2 N–H and O–H groups in total. The molecule has 144 valence electrons. The Morgan fingerprint density at radius 1 is 0.963 bits per heavy atom. The molecular weight excluding hydrogens is 346 g/mol. The first-order valence-corrected chi connectivity index (χ1v) is 8.84. The van der Waals surface area contributed by atoms with Crippen LogP contribution in [0.15, 0.2) is 42.5 Å². The third-order valence-electron chi connectivity index (χ3n) is 3.49. The standard InChI is InChI=1S/C21H25NO5/c1-13(2)12-26-18-9-16(10-19(11-18)27-14(3)4)20(23)22-17-7-5-15(6-8-17)21(24)25/h5-11,13-14H,12H2,1-4H3,(H,22,23)(H,24,25). The zero-order valence-corrected chi connectivity index (χ0v) is 16.0. The van der Waals surface area contributed by atoms with Gasteiger partial charge >= 0.3 is 5.97 Å². The number of amides is 1. The average Bonchev–Trinajstić information content (AvgIpc) is 2.59. The van der Waals surface area contributed by atoms with E-state index in [4.69, 9.17) is 14.6 Å². The summed E-state index contributed by atoms with van der Waals surface area (Å²) in [5, 5.41) is 11.7. The van der Waals surface area contributed by atoms with Crippen LogP contribution in [-0.4, -0.2) is 29.7 Å². The van der Waals surface area contributed by atoms with Gasteiger partial charge in [-0.15, -0.1) is 0 Å². The molecule has 0 unspecified atom stereocenters. The van der Waals surface area contributed by atoms with Crippen molar-refractivity contribution in [2.45, 2.75) is 33.8 Å². The Labute approximate surface area is 159 Å². The van der Waals surface area contributed by atoms with Gasteiger partial charge in [0.15, 0.2) is 0 Å². The molecule has 0 saturated heterocycles. The summed E-state index contributed by atoms with van der Waals surface area (Å²) < 4.78 is 11.5. The number of carboxylic acids is 1. The molecule has 0 aromatic heterocycles. The number of ether oxygens (including phenoxy) is 2. The van der Waals surface area contributed by atoms with Crippen LogP contribution >= 0.6 is 0 Å². The Morgan fingerprint density at radius 3 is 2.15 bits per heavy atom. The predicted molar refractivity (Wildman–Crippen MR) is 104 cm³/mol. The summed E-state index contributed by atoms with van der Waals surface area (Å²) in [6, 6.07) is 11.1. The fraction of sp³-hybridized carbons (Fsp3) is 0.333. The summed E-state index contributed by atoms with van der Waals surface area (Å²) in [5.41, 5.74) is 1.06. The lowest BCUT2D eigenvalue weighted by Crippen LogP contribution is -2.14. The van der Waals surface area contributed by atoms with Gasteiger partial charge in [-0.25, -0.2) is 4.79 Å². The minimum Gasteiger partial charge on any atom is -0.493 e. The molecule has 0 aliphatic rings. The van der Waals surface area contributed by atoms with Gasteiger partial charge in [0, 0.05) is 17.3 Å². The van der Waals surface area contributed by atoms with E-state index in [1.807, 2.05) is 27.7 Å². The van der Waals surface area contributed by atoms with Gasteiger partial charge in [0.25, 0.3) is 5.91 Å². The zero-order chi connectivity index (χ0) is 20.0. The molecule has 0 aliphatic carbocycles. The van der Waals surface area contributed by atoms with Crippen molar-refractivity contribution in [1.82, 2.24) is 0 Å². The van der Waals surface area contributed by atoms with Crippen molar-refractivity contribution in [1.29, 1.82) is 0 Å². The van der Waals surface area contributed by atoms with Gasteiger partial charge in [-0.2, -0.15) is 0 Å². The molecule has 2 aromatic carbocycles. The van der Waals surface area contributed by atoms with Crippen LogP contribution in [0.5, 0.6) is 11.5 Å². The first kappa shape index (κ1) is 20.3. The summed E-state index contributed by atoms with van der Waals surface area (Å²) >= 11 is 0. The van der Waals surface area contributed by atoms with Crippen LogP contribution in [0.2, 0.25) is 0 Å². The molecule has 0 aliphatic heterocycles. The van der Waals surface area contributed by atoms with Gasteiger partial charge < -0.3 is 19.9 Å². The van der Waals surface area contributed by atoms with Gasteiger partial charge in [0.1, 0.15) is 11.5 Å². The quantitative estimate of drug-likeness (QED) is 0.716. The van der Waals surface area contributed by atoms with Crippen LogP contribution in [0, 0.1) is 5.92 Å². The summed E-state index contributed by atoms with van der Waals surface area (Å²) in [5.74, 6) is 0.121. The lowest BCUT2D eigenvalue weighted by molar-refractivity contribution is 0.0696. The lowest BCUT2D eigenvalue weighted by Gasteiger charge is -2.15. The molecule has 0 bridgehead atoms. The minimum absolute atomic E-state index is 0.0372. The molecule has 0 atom stereocenters. The van der Waals surface area contributed by atoms with Crippen LogP contribution in [-0.2, 0) is 0 Å². The first-order chi connectivity index (χ1) is 12.7. The third kappa shape index (κ3) is 6.33. The maximum Gasteiger partial charge on any atom is 0.335 e. The van der Waals surface area contributed by atoms with E-state index >= 15 is 0 Å². The minimum atomic E-state index is -1.02. The molecular formula is C21H25NO5. The number of nitrogens with one attached hydrogen (secondary N) is 1. The number of carbonyl (C=O) groups is 2. The maximum atomic E-state index is 12.6. The van der Waals surface area contributed by atoms with E-state index in [1.54, 1.807) is 30.3 Å². The van der Waals surface area contributed by atoms with Gasteiger partial charge in [-0.1, -0.05) is 13.8 Å². The van der Waals surface area contributed by atoms with E-state index < -0.39 is 5.97 Å². The van der Waals surface area contributed by atoms with Gasteiger partial charge in [-0.05, 0) is 56.2 Å². The van der Waals surface area contributed by atoms with E-state index in [-0.39, 0.29) is 17.6 Å². The number of anilines is 1. The number of hydrogen-bond donors (Lipinski definition) is 2. The number of benzene rings is 2. The number of carboxylic acid groups (broad SMARTS) is 1. The summed E-state index contributed by atoms with van der Waals surface area (Å²) in [4.78, 5) is 23.5. The molecule has 1 amide bonds. The fourth-order valence-electron chi connectivity index (χ4n) is 2.29. The van der Waals surface area contributed by atoms with Crippen molar-refractivity contribution in [3.05, 3.63) is 53.6 Å². The number of hydrogen-bond acceptors (Lipinski definition) is 4. The topological polar surface area (TPSA) is 84.9 Å². The van der Waals surface area contributed by atoms with Crippen molar-refractivity contribution in [2.24, 2.45) is 5.92 Å².